The van der Waals surface area contributed by atoms with Crippen LogP contribution in [-0.2, 0) is 4.79 Å². The molecule has 26 heavy (non-hydrogen) atoms. The molecular weight excluding hydrogens is 353 g/mol. The number of benzene rings is 2. The molecule has 132 valence electrons. The summed E-state index contributed by atoms with van der Waals surface area (Å²) >= 11 is 1.30. The Balaban J connectivity index is 2.07. The highest BCUT2D eigenvalue weighted by Crippen LogP contribution is 2.31. The fraction of sp³-hybridized carbons (Fsp3) is 0.105. The molecule has 3 rings (SSSR count). The van der Waals surface area contributed by atoms with E-state index < -0.39 is 11.7 Å². The normalized spacial score (nSPS) is 10.4. The minimum absolute atomic E-state index is 0.145. The largest absolute Gasteiger partial charge is 0.326 e. The number of anilines is 3. The number of hydrogen-bond acceptors (Lipinski definition) is 4. The Hall–Kier alpha value is -3.06. The molecule has 2 aromatic carbocycles. The number of nitrogens with zero attached hydrogens (tertiary/aromatic N) is 2. The summed E-state index contributed by atoms with van der Waals surface area (Å²) in [5, 5.41) is 4.83. The number of nitrogens with one attached hydrogen (secondary N) is 1. The van der Waals surface area contributed by atoms with E-state index in [1.54, 1.807) is 24.3 Å². The number of carbonyl (C=O) groups is 2. The van der Waals surface area contributed by atoms with Crippen LogP contribution in [0.15, 0.2) is 53.9 Å². The molecule has 0 saturated carbocycles. The lowest BCUT2D eigenvalue weighted by Gasteiger charge is -2.20. The van der Waals surface area contributed by atoms with Crippen molar-refractivity contribution in [1.29, 1.82) is 0 Å². The summed E-state index contributed by atoms with van der Waals surface area (Å²) in [6.07, 6.45) is 0. The molecule has 0 unspecified atom stereocenters. The van der Waals surface area contributed by atoms with Crippen molar-refractivity contribution < 1.29 is 14.0 Å². The quantitative estimate of drug-likeness (QED) is 0.735. The molecule has 1 N–H and O–H groups in total. The van der Waals surface area contributed by atoms with Crippen LogP contribution in [0.25, 0.3) is 0 Å². The minimum atomic E-state index is -0.668. The molecule has 7 heteroatoms. The molecular formula is C19H16FN3O2S. The SMILES string of the molecule is CC(=O)Nc1ccc(F)c(C(=O)N(c2ccccc2)c2nc(C)cs2)c1. The Labute approximate surface area is 154 Å². The summed E-state index contributed by atoms with van der Waals surface area (Å²) in [6.45, 7) is 3.17. The summed E-state index contributed by atoms with van der Waals surface area (Å²) in [4.78, 5) is 30.1. The highest BCUT2D eigenvalue weighted by molar-refractivity contribution is 7.14. The standard InChI is InChI=1S/C19H16FN3O2S/c1-12-11-26-19(21-12)23(15-6-4-3-5-7-15)18(25)16-10-14(22-13(2)24)8-9-17(16)20/h3-11H,1-2H3,(H,22,24). The van der Waals surface area contributed by atoms with Gasteiger partial charge in [-0.2, -0.15) is 0 Å². The number of thiazole rings is 1. The van der Waals surface area contributed by atoms with Crippen molar-refractivity contribution in [3.8, 4) is 0 Å². The van der Waals surface area contributed by atoms with Crippen LogP contribution in [0.1, 0.15) is 23.0 Å². The first-order chi connectivity index (χ1) is 12.5. The Kier molecular flexibility index (Phi) is 5.09. The Morgan fingerprint density at radius 1 is 1.15 bits per heavy atom. The van der Waals surface area contributed by atoms with Crippen molar-refractivity contribution >= 4 is 39.7 Å². The highest BCUT2D eigenvalue weighted by Gasteiger charge is 2.25. The molecule has 2 amide bonds. The second-order valence-electron chi connectivity index (χ2n) is 5.62. The van der Waals surface area contributed by atoms with E-state index in [2.05, 4.69) is 10.3 Å². The Morgan fingerprint density at radius 3 is 2.50 bits per heavy atom. The maximum atomic E-state index is 14.4. The van der Waals surface area contributed by atoms with Gasteiger partial charge in [-0.25, -0.2) is 9.37 Å². The van der Waals surface area contributed by atoms with Gasteiger partial charge in [0.1, 0.15) is 5.82 Å². The van der Waals surface area contributed by atoms with Crippen molar-refractivity contribution in [3.05, 3.63) is 71.0 Å². The number of hydrogen-bond donors (Lipinski definition) is 1. The molecule has 0 atom stereocenters. The summed E-state index contributed by atoms with van der Waals surface area (Å²) in [5.74, 6) is -1.53. The van der Waals surface area contributed by atoms with Gasteiger partial charge in [0.15, 0.2) is 5.13 Å². The minimum Gasteiger partial charge on any atom is -0.326 e. The van der Waals surface area contributed by atoms with Gasteiger partial charge < -0.3 is 5.32 Å². The second-order valence-corrected chi connectivity index (χ2v) is 6.46. The zero-order chi connectivity index (χ0) is 18.7. The van der Waals surface area contributed by atoms with E-state index in [9.17, 15) is 14.0 Å². The zero-order valence-electron chi connectivity index (χ0n) is 14.2. The van der Waals surface area contributed by atoms with E-state index in [0.29, 0.717) is 16.5 Å². The van der Waals surface area contributed by atoms with Gasteiger partial charge in [-0.1, -0.05) is 18.2 Å². The van der Waals surface area contributed by atoms with Crippen molar-refractivity contribution in [2.75, 3.05) is 10.2 Å². The lowest BCUT2D eigenvalue weighted by atomic mass is 10.1. The van der Waals surface area contributed by atoms with Crippen LogP contribution in [0.2, 0.25) is 0 Å². The van der Waals surface area contributed by atoms with E-state index >= 15 is 0 Å². The molecule has 0 aliphatic rings. The lowest BCUT2D eigenvalue weighted by Crippen LogP contribution is -2.27. The lowest BCUT2D eigenvalue weighted by molar-refractivity contribution is -0.114. The fourth-order valence-corrected chi connectivity index (χ4v) is 3.25. The topological polar surface area (TPSA) is 62.3 Å². The first kappa shape index (κ1) is 17.8. The van der Waals surface area contributed by atoms with Gasteiger partial charge in [0, 0.05) is 18.0 Å². The number of halogens is 1. The monoisotopic (exact) mass is 369 g/mol. The predicted molar refractivity (Wildman–Crippen MR) is 100 cm³/mol. The Morgan fingerprint density at radius 2 is 1.88 bits per heavy atom. The highest BCUT2D eigenvalue weighted by atomic mass is 32.1. The van der Waals surface area contributed by atoms with Gasteiger partial charge in [-0.05, 0) is 37.3 Å². The molecule has 0 radical (unpaired) electrons. The molecule has 5 nitrogen and oxygen atoms in total. The summed E-state index contributed by atoms with van der Waals surface area (Å²) < 4.78 is 14.4. The number of aryl methyl sites for hydroxylation is 1. The first-order valence-corrected chi connectivity index (χ1v) is 8.72. The number of carbonyl (C=O) groups excluding carboxylic acids is 2. The molecule has 0 spiro atoms. The predicted octanol–water partition coefficient (Wildman–Crippen LogP) is 4.53. The van der Waals surface area contributed by atoms with Gasteiger partial charge >= 0.3 is 0 Å². The molecule has 3 aromatic rings. The summed E-state index contributed by atoms with van der Waals surface area (Å²) in [5.41, 5.74) is 1.56. The fourth-order valence-electron chi connectivity index (χ4n) is 2.43. The maximum Gasteiger partial charge on any atom is 0.267 e. The molecule has 1 aromatic heterocycles. The Bertz CT molecular complexity index is 956. The maximum absolute atomic E-state index is 14.4. The number of rotatable bonds is 4. The van der Waals surface area contributed by atoms with Crippen LogP contribution < -0.4 is 10.2 Å². The summed E-state index contributed by atoms with van der Waals surface area (Å²) in [7, 11) is 0. The smallest absolute Gasteiger partial charge is 0.267 e. The van der Waals surface area contributed by atoms with Crippen molar-refractivity contribution in [2.24, 2.45) is 0 Å². The average molecular weight is 369 g/mol. The van der Waals surface area contributed by atoms with Gasteiger partial charge in [-0.15, -0.1) is 11.3 Å². The third kappa shape index (κ3) is 3.78. The van der Waals surface area contributed by atoms with E-state index in [0.717, 1.165) is 11.8 Å². The number of para-hydroxylation sites is 1. The zero-order valence-corrected chi connectivity index (χ0v) is 15.0. The van der Waals surface area contributed by atoms with E-state index in [1.807, 2.05) is 18.4 Å². The third-order valence-electron chi connectivity index (χ3n) is 3.53. The molecule has 0 bridgehead atoms. The van der Waals surface area contributed by atoms with Gasteiger partial charge in [0.2, 0.25) is 5.91 Å². The van der Waals surface area contributed by atoms with Crippen molar-refractivity contribution in [2.45, 2.75) is 13.8 Å². The van der Waals surface area contributed by atoms with Gasteiger partial charge in [-0.3, -0.25) is 14.5 Å². The van der Waals surface area contributed by atoms with Crippen LogP contribution in [0.5, 0.6) is 0 Å². The van der Waals surface area contributed by atoms with E-state index in [-0.39, 0.29) is 11.5 Å². The van der Waals surface area contributed by atoms with Crippen LogP contribution in [0.3, 0.4) is 0 Å². The number of amides is 2. The van der Waals surface area contributed by atoms with Gasteiger partial charge in [0.25, 0.3) is 5.91 Å². The molecule has 0 aliphatic heterocycles. The molecule has 0 fully saturated rings. The van der Waals surface area contributed by atoms with Crippen molar-refractivity contribution in [1.82, 2.24) is 4.98 Å². The average Bonchev–Trinajstić information content (AvgIpc) is 3.03. The first-order valence-electron chi connectivity index (χ1n) is 7.84. The van der Waals surface area contributed by atoms with E-state index in [1.165, 1.54) is 35.3 Å². The third-order valence-corrected chi connectivity index (χ3v) is 4.48. The summed E-state index contributed by atoms with van der Waals surface area (Å²) in [6, 6.07) is 12.8. The molecule has 0 aliphatic carbocycles. The molecule has 1 heterocycles. The number of aromatic nitrogens is 1. The van der Waals surface area contributed by atoms with Crippen LogP contribution in [0.4, 0.5) is 20.9 Å². The van der Waals surface area contributed by atoms with Gasteiger partial charge in [0.05, 0.1) is 16.9 Å². The van der Waals surface area contributed by atoms with Crippen molar-refractivity contribution in [3.63, 3.8) is 0 Å². The van der Waals surface area contributed by atoms with Crippen LogP contribution >= 0.6 is 11.3 Å². The van der Waals surface area contributed by atoms with E-state index in [4.69, 9.17) is 0 Å². The van der Waals surface area contributed by atoms with Crippen LogP contribution in [-0.4, -0.2) is 16.8 Å². The molecule has 0 saturated heterocycles. The van der Waals surface area contributed by atoms with Crippen LogP contribution in [0, 0.1) is 12.7 Å². The second kappa shape index (κ2) is 7.45.